The Hall–Kier alpha value is -2.21. The van der Waals surface area contributed by atoms with Gasteiger partial charge >= 0.3 is 6.01 Å². The fourth-order valence-corrected chi connectivity index (χ4v) is 2.19. The Bertz CT molecular complexity index is 615. The van der Waals surface area contributed by atoms with Crippen LogP contribution in [0.15, 0.2) is 24.3 Å². The van der Waals surface area contributed by atoms with Crippen LogP contribution in [0, 0.1) is 5.82 Å². The first-order chi connectivity index (χ1) is 9.76. The van der Waals surface area contributed by atoms with Crippen LogP contribution in [0.5, 0.6) is 6.01 Å². The molecule has 1 aliphatic rings. The Morgan fingerprint density at radius 1 is 1.25 bits per heavy atom. The third-order valence-electron chi connectivity index (χ3n) is 3.20. The van der Waals surface area contributed by atoms with Gasteiger partial charge in [0.1, 0.15) is 11.6 Å². The number of hydrogen-bond acceptors (Lipinski definition) is 5. The number of methoxy groups -OCH3 is 1. The number of hydrogen-bond donors (Lipinski definition) is 2. The van der Waals surface area contributed by atoms with Gasteiger partial charge in [0.15, 0.2) is 0 Å². The van der Waals surface area contributed by atoms with Crippen LogP contribution < -0.4 is 15.4 Å². The SMILES string of the molecule is COc1nc2c(c(Nc3ccc(F)cc3)n1)CNCC2. The molecule has 0 fully saturated rings. The summed E-state index contributed by atoms with van der Waals surface area (Å²) < 4.78 is 18.1. The number of fused-ring (bicyclic) bond motifs is 1. The lowest BCUT2D eigenvalue weighted by Crippen LogP contribution is -2.26. The van der Waals surface area contributed by atoms with Gasteiger partial charge in [-0.25, -0.2) is 4.39 Å². The molecule has 0 radical (unpaired) electrons. The molecule has 2 heterocycles. The zero-order chi connectivity index (χ0) is 13.9. The van der Waals surface area contributed by atoms with Gasteiger partial charge in [-0.05, 0) is 24.3 Å². The molecule has 6 heteroatoms. The minimum absolute atomic E-state index is 0.264. The second-order valence-corrected chi connectivity index (χ2v) is 4.54. The van der Waals surface area contributed by atoms with Gasteiger partial charge in [0, 0.05) is 30.8 Å². The summed E-state index contributed by atoms with van der Waals surface area (Å²) in [6.45, 7) is 1.60. The Kier molecular flexibility index (Phi) is 3.47. The number of halogens is 1. The van der Waals surface area contributed by atoms with Gasteiger partial charge in [-0.15, -0.1) is 0 Å². The molecule has 20 heavy (non-hydrogen) atoms. The predicted molar refractivity (Wildman–Crippen MR) is 73.7 cm³/mol. The quantitative estimate of drug-likeness (QED) is 0.896. The van der Waals surface area contributed by atoms with Crippen molar-refractivity contribution in [1.29, 1.82) is 0 Å². The summed E-state index contributed by atoms with van der Waals surface area (Å²) in [6.07, 6.45) is 0.840. The van der Waals surface area contributed by atoms with Crippen LogP contribution in [0.2, 0.25) is 0 Å². The lowest BCUT2D eigenvalue weighted by atomic mass is 10.1. The van der Waals surface area contributed by atoms with Crippen LogP contribution in [0.3, 0.4) is 0 Å². The van der Waals surface area contributed by atoms with E-state index < -0.39 is 0 Å². The maximum Gasteiger partial charge on any atom is 0.318 e. The molecule has 1 aromatic heterocycles. The van der Waals surface area contributed by atoms with Gasteiger partial charge < -0.3 is 15.4 Å². The van der Waals surface area contributed by atoms with Crippen LogP contribution in [0.25, 0.3) is 0 Å². The van der Waals surface area contributed by atoms with Crippen LogP contribution in [-0.4, -0.2) is 23.6 Å². The van der Waals surface area contributed by atoms with Crippen molar-refractivity contribution in [1.82, 2.24) is 15.3 Å². The summed E-state index contributed by atoms with van der Waals surface area (Å²) in [5.41, 5.74) is 2.79. The molecule has 2 N–H and O–H groups in total. The predicted octanol–water partition coefficient (Wildman–Crippen LogP) is 2.01. The minimum atomic E-state index is -0.264. The summed E-state index contributed by atoms with van der Waals surface area (Å²) >= 11 is 0. The third kappa shape index (κ3) is 2.55. The molecule has 0 unspecified atom stereocenters. The molecule has 0 amide bonds. The smallest absolute Gasteiger partial charge is 0.318 e. The highest BCUT2D eigenvalue weighted by Crippen LogP contribution is 2.25. The topological polar surface area (TPSA) is 59.1 Å². The van der Waals surface area contributed by atoms with Crippen molar-refractivity contribution in [3.05, 3.63) is 41.3 Å². The molecule has 0 saturated heterocycles. The van der Waals surface area contributed by atoms with E-state index in [9.17, 15) is 4.39 Å². The fraction of sp³-hybridized carbons (Fsp3) is 0.286. The van der Waals surface area contributed by atoms with Gasteiger partial charge in [-0.3, -0.25) is 0 Å². The van der Waals surface area contributed by atoms with Crippen molar-refractivity contribution in [3.8, 4) is 6.01 Å². The van der Waals surface area contributed by atoms with Crippen LogP contribution in [0.4, 0.5) is 15.9 Å². The molecule has 0 bridgehead atoms. The third-order valence-corrected chi connectivity index (χ3v) is 3.20. The first kappa shape index (κ1) is 12.8. The first-order valence-corrected chi connectivity index (χ1v) is 6.43. The molecule has 1 aliphatic heterocycles. The van der Waals surface area contributed by atoms with E-state index in [1.165, 1.54) is 12.1 Å². The lowest BCUT2D eigenvalue weighted by molar-refractivity contribution is 0.377. The number of rotatable bonds is 3. The molecule has 0 saturated carbocycles. The Morgan fingerprint density at radius 3 is 2.80 bits per heavy atom. The normalized spacial score (nSPS) is 13.7. The average Bonchev–Trinajstić information content (AvgIpc) is 2.49. The van der Waals surface area contributed by atoms with E-state index >= 15 is 0 Å². The van der Waals surface area contributed by atoms with E-state index in [-0.39, 0.29) is 5.82 Å². The second-order valence-electron chi connectivity index (χ2n) is 4.54. The van der Waals surface area contributed by atoms with E-state index in [1.54, 1.807) is 19.2 Å². The molecular formula is C14H15FN4O. The summed E-state index contributed by atoms with van der Waals surface area (Å²) in [5.74, 6) is 0.435. The second kappa shape index (κ2) is 5.42. The number of anilines is 2. The number of nitrogens with zero attached hydrogens (tertiary/aromatic N) is 2. The average molecular weight is 274 g/mol. The molecular weight excluding hydrogens is 259 g/mol. The number of benzene rings is 1. The zero-order valence-electron chi connectivity index (χ0n) is 11.1. The van der Waals surface area contributed by atoms with Gasteiger partial charge in [0.2, 0.25) is 0 Å². The largest absolute Gasteiger partial charge is 0.467 e. The lowest BCUT2D eigenvalue weighted by Gasteiger charge is -2.20. The van der Waals surface area contributed by atoms with E-state index in [0.29, 0.717) is 18.4 Å². The van der Waals surface area contributed by atoms with Gasteiger partial charge in [-0.2, -0.15) is 9.97 Å². The number of ether oxygens (including phenoxy) is 1. The first-order valence-electron chi connectivity index (χ1n) is 6.43. The molecule has 0 aliphatic carbocycles. The van der Waals surface area contributed by atoms with E-state index in [4.69, 9.17) is 4.74 Å². The number of nitrogens with one attached hydrogen (secondary N) is 2. The fourth-order valence-electron chi connectivity index (χ4n) is 2.19. The summed E-state index contributed by atoms with van der Waals surface area (Å²) in [7, 11) is 1.55. The van der Waals surface area contributed by atoms with Gasteiger partial charge in [0.25, 0.3) is 0 Å². The van der Waals surface area contributed by atoms with Crippen molar-refractivity contribution >= 4 is 11.5 Å². The maximum absolute atomic E-state index is 12.9. The van der Waals surface area contributed by atoms with Crippen LogP contribution >= 0.6 is 0 Å². The number of aromatic nitrogens is 2. The van der Waals surface area contributed by atoms with E-state index in [2.05, 4.69) is 20.6 Å². The highest BCUT2D eigenvalue weighted by atomic mass is 19.1. The molecule has 1 aromatic carbocycles. The van der Waals surface area contributed by atoms with Crippen molar-refractivity contribution in [2.24, 2.45) is 0 Å². The van der Waals surface area contributed by atoms with Crippen molar-refractivity contribution in [2.75, 3.05) is 19.0 Å². The molecule has 5 nitrogen and oxygen atoms in total. The van der Waals surface area contributed by atoms with Gasteiger partial charge in [-0.1, -0.05) is 0 Å². The van der Waals surface area contributed by atoms with Crippen molar-refractivity contribution < 1.29 is 9.13 Å². The molecule has 2 aromatic rings. The Labute approximate surface area is 116 Å². The minimum Gasteiger partial charge on any atom is -0.467 e. The van der Waals surface area contributed by atoms with Crippen molar-refractivity contribution in [2.45, 2.75) is 13.0 Å². The van der Waals surface area contributed by atoms with Crippen molar-refractivity contribution in [3.63, 3.8) is 0 Å². The summed E-state index contributed by atoms with van der Waals surface area (Å²) in [6, 6.07) is 6.51. The molecule has 3 rings (SSSR count). The highest BCUT2D eigenvalue weighted by molar-refractivity contribution is 5.60. The Balaban J connectivity index is 1.96. The standard InChI is InChI=1S/C14H15FN4O/c1-20-14-18-12-6-7-16-8-11(12)13(19-14)17-10-4-2-9(15)3-5-10/h2-5,16H,6-8H2,1H3,(H,17,18,19). The molecule has 104 valence electrons. The molecule has 0 atom stereocenters. The maximum atomic E-state index is 12.9. The van der Waals surface area contributed by atoms with E-state index in [0.717, 1.165) is 29.9 Å². The van der Waals surface area contributed by atoms with Crippen LogP contribution in [-0.2, 0) is 13.0 Å². The van der Waals surface area contributed by atoms with Crippen LogP contribution in [0.1, 0.15) is 11.3 Å². The zero-order valence-corrected chi connectivity index (χ0v) is 11.1. The summed E-state index contributed by atoms with van der Waals surface area (Å²) in [4.78, 5) is 8.72. The monoisotopic (exact) mass is 274 g/mol. The Morgan fingerprint density at radius 2 is 2.05 bits per heavy atom. The summed E-state index contributed by atoms with van der Waals surface area (Å²) in [5, 5.41) is 6.49. The highest BCUT2D eigenvalue weighted by Gasteiger charge is 2.18. The molecule has 0 spiro atoms. The van der Waals surface area contributed by atoms with Gasteiger partial charge in [0.05, 0.1) is 12.8 Å². The van der Waals surface area contributed by atoms with E-state index in [1.807, 2.05) is 0 Å².